The van der Waals surface area contributed by atoms with Crippen molar-refractivity contribution in [1.29, 1.82) is 0 Å². The quantitative estimate of drug-likeness (QED) is 0.0797. The lowest BCUT2D eigenvalue weighted by Gasteiger charge is -2.22. The first-order valence-electron chi connectivity index (χ1n) is 16.6. The molecule has 0 bridgehead atoms. The molecule has 1 heterocycles. The van der Waals surface area contributed by atoms with Crippen molar-refractivity contribution in [2.45, 2.75) is 116 Å². The number of ether oxygens (including phenoxy) is 8. The third-order valence-corrected chi connectivity index (χ3v) is 6.92. The summed E-state index contributed by atoms with van der Waals surface area (Å²) in [5.41, 5.74) is 0. The van der Waals surface area contributed by atoms with E-state index in [-0.39, 0.29) is 6.29 Å². The van der Waals surface area contributed by atoms with Crippen molar-refractivity contribution in [3.8, 4) is 0 Å². The van der Waals surface area contributed by atoms with Gasteiger partial charge in [-0.05, 0) is 25.7 Å². The Kier molecular flexibility index (Phi) is 31.3. The highest BCUT2D eigenvalue weighted by atomic mass is 16.7. The van der Waals surface area contributed by atoms with Gasteiger partial charge in [0.1, 0.15) is 0 Å². The van der Waals surface area contributed by atoms with Crippen molar-refractivity contribution in [2.75, 3.05) is 92.5 Å². The molecule has 240 valence electrons. The Morgan fingerprint density at radius 1 is 0.425 bits per heavy atom. The minimum Gasteiger partial charge on any atom is -0.379 e. The van der Waals surface area contributed by atoms with Crippen molar-refractivity contribution in [2.24, 2.45) is 0 Å². The van der Waals surface area contributed by atoms with Crippen LogP contribution in [0, 0.1) is 0 Å². The molecule has 1 aliphatic rings. The third kappa shape index (κ3) is 29.2. The summed E-state index contributed by atoms with van der Waals surface area (Å²) in [6.07, 6.45) is 21.1. The second kappa shape index (κ2) is 33.2. The first-order chi connectivity index (χ1) is 19.9. The van der Waals surface area contributed by atoms with Crippen LogP contribution in [0.3, 0.4) is 0 Å². The molecule has 0 aromatic carbocycles. The number of rotatable bonds is 33. The minimum atomic E-state index is -0.0506. The van der Waals surface area contributed by atoms with Gasteiger partial charge in [0.2, 0.25) is 0 Å². The van der Waals surface area contributed by atoms with Gasteiger partial charge < -0.3 is 37.9 Å². The molecule has 0 N–H and O–H groups in total. The van der Waals surface area contributed by atoms with Crippen molar-refractivity contribution >= 4 is 0 Å². The van der Waals surface area contributed by atoms with Crippen LogP contribution in [0.2, 0.25) is 0 Å². The van der Waals surface area contributed by atoms with E-state index in [1.807, 2.05) is 0 Å². The summed E-state index contributed by atoms with van der Waals surface area (Å²) in [5.74, 6) is 0. The van der Waals surface area contributed by atoms with Crippen LogP contribution in [0.5, 0.6) is 0 Å². The zero-order valence-electron chi connectivity index (χ0n) is 26.1. The number of hydrogen-bond acceptors (Lipinski definition) is 8. The number of hydrogen-bond donors (Lipinski definition) is 0. The molecular weight excluding hydrogens is 512 g/mol. The second-order valence-electron chi connectivity index (χ2n) is 10.6. The molecule has 0 aliphatic carbocycles. The lowest BCUT2D eigenvalue weighted by Crippen LogP contribution is -2.24. The van der Waals surface area contributed by atoms with Crippen LogP contribution in [-0.2, 0) is 37.9 Å². The van der Waals surface area contributed by atoms with Gasteiger partial charge in [-0.2, -0.15) is 0 Å². The molecule has 1 rings (SSSR count). The molecule has 0 radical (unpaired) electrons. The van der Waals surface area contributed by atoms with Gasteiger partial charge in [-0.3, -0.25) is 0 Å². The normalized spacial score (nSPS) is 15.7. The SMILES string of the molecule is CCCCCCCCCCCCCCCOCCOCCOCCOCCOCCOCCOC1CCCCO1. The Labute approximate surface area is 246 Å². The summed E-state index contributed by atoms with van der Waals surface area (Å²) in [7, 11) is 0. The monoisotopic (exact) mass is 576 g/mol. The maximum atomic E-state index is 5.67. The zero-order valence-corrected chi connectivity index (χ0v) is 26.1. The second-order valence-corrected chi connectivity index (χ2v) is 10.6. The minimum absolute atomic E-state index is 0.0506. The Hall–Kier alpha value is -0.320. The number of unbranched alkanes of at least 4 members (excludes halogenated alkanes) is 12. The molecule has 1 unspecified atom stereocenters. The van der Waals surface area contributed by atoms with Gasteiger partial charge in [0.25, 0.3) is 0 Å². The van der Waals surface area contributed by atoms with Gasteiger partial charge in [-0.15, -0.1) is 0 Å². The Bertz CT molecular complexity index is 462. The van der Waals surface area contributed by atoms with Gasteiger partial charge in [-0.1, -0.05) is 84.0 Å². The lowest BCUT2D eigenvalue weighted by molar-refractivity contribution is -0.169. The largest absolute Gasteiger partial charge is 0.379 e. The first kappa shape index (κ1) is 37.7. The molecule has 1 fully saturated rings. The lowest BCUT2D eigenvalue weighted by atomic mass is 10.0. The summed E-state index contributed by atoms with van der Waals surface area (Å²) in [6.45, 7) is 10.8. The van der Waals surface area contributed by atoms with E-state index in [1.165, 1.54) is 83.5 Å². The molecule has 1 saturated heterocycles. The average molecular weight is 577 g/mol. The molecule has 0 spiro atoms. The Balaban J connectivity index is 1.60. The summed E-state index contributed by atoms with van der Waals surface area (Å²) in [5, 5.41) is 0. The van der Waals surface area contributed by atoms with Crippen LogP contribution in [0.4, 0.5) is 0 Å². The Morgan fingerprint density at radius 2 is 0.800 bits per heavy atom. The van der Waals surface area contributed by atoms with E-state index in [1.54, 1.807) is 0 Å². The van der Waals surface area contributed by atoms with Crippen LogP contribution in [0.15, 0.2) is 0 Å². The molecule has 1 aliphatic heterocycles. The molecule has 8 heteroatoms. The van der Waals surface area contributed by atoms with E-state index in [2.05, 4.69) is 6.92 Å². The van der Waals surface area contributed by atoms with Crippen molar-refractivity contribution in [3.05, 3.63) is 0 Å². The highest BCUT2D eigenvalue weighted by Gasteiger charge is 2.13. The average Bonchev–Trinajstić information content (AvgIpc) is 2.98. The summed E-state index contributed by atoms with van der Waals surface area (Å²) in [6, 6.07) is 0. The molecule has 0 amide bonds. The molecule has 40 heavy (non-hydrogen) atoms. The molecule has 0 saturated carbocycles. The van der Waals surface area contributed by atoms with Gasteiger partial charge in [0, 0.05) is 13.2 Å². The van der Waals surface area contributed by atoms with E-state index < -0.39 is 0 Å². The predicted octanol–water partition coefficient (Wildman–Crippen LogP) is 6.72. The van der Waals surface area contributed by atoms with E-state index in [0.717, 1.165) is 32.5 Å². The fraction of sp³-hybridized carbons (Fsp3) is 1.00. The molecular formula is C32H64O8. The molecule has 1 atom stereocenters. The van der Waals surface area contributed by atoms with Gasteiger partial charge in [-0.25, -0.2) is 0 Å². The molecule has 8 nitrogen and oxygen atoms in total. The fourth-order valence-corrected chi connectivity index (χ4v) is 4.50. The molecule has 0 aromatic rings. The van der Waals surface area contributed by atoms with Gasteiger partial charge in [0.15, 0.2) is 6.29 Å². The van der Waals surface area contributed by atoms with Crippen LogP contribution < -0.4 is 0 Å². The van der Waals surface area contributed by atoms with E-state index in [4.69, 9.17) is 37.9 Å². The van der Waals surface area contributed by atoms with Crippen LogP contribution in [0.1, 0.15) is 110 Å². The summed E-state index contributed by atoms with van der Waals surface area (Å²) in [4.78, 5) is 0. The van der Waals surface area contributed by atoms with Crippen molar-refractivity contribution < 1.29 is 37.9 Å². The highest BCUT2D eigenvalue weighted by molar-refractivity contribution is 4.54. The first-order valence-corrected chi connectivity index (χ1v) is 16.6. The zero-order chi connectivity index (χ0) is 28.4. The van der Waals surface area contributed by atoms with E-state index in [9.17, 15) is 0 Å². The topological polar surface area (TPSA) is 73.8 Å². The maximum Gasteiger partial charge on any atom is 0.157 e. The Morgan fingerprint density at radius 3 is 1.20 bits per heavy atom. The van der Waals surface area contributed by atoms with Crippen LogP contribution >= 0.6 is 0 Å². The van der Waals surface area contributed by atoms with Crippen LogP contribution in [0.25, 0.3) is 0 Å². The van der Waals surface area contributed by atoms with Crippen molar-refractivity contribution in [1.82, 2.24) is 0 Å². The maximum absolute atomic E-state index is 5.67. The predicted molar refractivity (Wildman–Crippen MR) is 160 cm³/mol. The fourth-order valence-electron chi connectivity index (χ4n) is 4.50. The summed E-state index contributed by atoms with van der Waals surface area (Å²) >= 11 is 0. The van der Waals surface area contributed by atoms with E-state index >= 15 is 0 Å². The van der Waals surface area contributed by atoms with Gasteiger partial charge >= 0.3 is 0 Å². The van der Waals surface area contributed by atoms with Gasteiger partial charge in [0.05, 0.1) is 79.3 Å². The van der Waals surface area contributed by atoms with Crippen LogP contribution in [-0.4, -0.2) is 98.8 Å². The standard InChI is InChI=1S/C32H64O8/c1-2-3-4-5-6-7-8-9-10-11-12-13-15-18-33-20-21-34-22-23-35-24-25-36-26-27-37-28-29-38-30-31-40-32-17-14-16-19-39-32/h32H,2-31H2,1H3. The highest BCUT2D eigenvalue weighted by Crippen LogP contribution is 2.14. The smallest absolute Gasteiger partial charge is 0.157 e. The molecule has 0 aromatic heterocycles. The third-order valence-electron chi connectivity index (χ3n) is 6.92. The van der Waals surface area contributed by atoms with E-state index in [0.29, 0.717) is 79.3 Å². The summed E-state index contributed by atoms with van der Waals surface area (Å²) < 4.78 is 44.4. The van der Waals surface area contributed by atoms with Crippen molar-refractivity contribution in [3.63, 3.8) is 0 Å².